The molecule has 0 radical (unpaired) electrons. The van der Waals surface area contributed by atoms with E-state index in [1.165, 1.54) is 0 Å². The monoisotopic (exact) mass is 465 g/mol. The van der Waals surface area contributed by atoms with Gasteiger partial charge in [-0.3, -0.25) is 14.6 Å². The van der Waals surface area contributed by atoms with Crippen LogP contribution in [0.5, 0.6) is 5.75 Å². The summed E-state index contributed by atoms with van der Waals surface area (Å²) in [6.07, 6.45) is 3.28. The largest absolute Gasteiger partial charge is 0.507 e. The van der Waals surface area contributed by atoms with Crippen LogP contribution in [0.1, 0.15) is 50.4 Å². The lowest BCUT2D eigenvalue weighted by atomic mass is 9.95. The molecule has 1 saturated heterocycles. The standard InChI is InChI=1S/C27H35N3O4/c1-6-29(7-2)13-14-30-24(21-9-8-12-28-16-21)23(26(32)27(30)33)25(31)20-10-11-22(19(5)15-20)34-17-18(3)4/h8-12,15-16,18,24,31H,6-7,13-14,17H2,1-5H3/b25-23-. The molecular formula is C27H35N3O4. The first-order chi connectivity index (χ1) is 16.3. The van der Waals surface area contributed by atoms with Gasteiger partial charge in [-0.25, -0.2) is 0 Å². The van der Waals surface area contributed by atoms with Gasteiger partial charge in [0, 0.05) is 31.0 Å². The Labute approximate surface area is 202 Å². The highest BCUT2D eigenvalue weighted by Gasteiger charge is 2.46. The quantitative estimate of drug-likeness (QED) is 0.322. The number of carbonyl (C=O) groups is 2. The minimum absolute atomic E-state index is 0.0906. The first-order valence-corrected chi connectivity index (χ1v) is 11.9. The average molecular weight is 466 g/mol. The fraction of sp³-hybridized carbons (Fsp3) is 0.444. The van der Waals surface area contributed by atoms with Crippen LogP contribution >= 0.6 is 0 Å². The Bertz CT molecular complexity index is 1050. The number of Topliss-reactive ketones (excluding diaryl/α,β-unsaturated/α-hetero) is 1. The molecule has 1 aromatic heterocycles. The van der Waals surface area contributed by atoms with Crippen LogP contribution in [0.15, 0.2) is 48.3 Å². The minimum Gasteiger partial charge on any atom is -0.507 e. The number of likely N-dealkylation sites (tertiary alicyclic amines) is 1. The van der Waals surface area contributed by atoms with Crippen LogP contribution < -0.4 is 4.74 Å². The smallest absolute Gasteiger partial charge is 0.295 e. The van der Waals surface area contributed by atoms with Gasteiger partial charge in [0.1, 0.15) is 11.5 Å². The van der Waals surface area contributed by atoms with Gasteiger partial charge >= 0.3 is 0 Å². The summed E-state index contributed by atoms with van der Waals surface area (Å²) >= 11 is 0. The van der Waals surface area contributed by atoms with E-state index in [9.17, 15) is 14.7 Å². The zero-order valence-electron chi connectivity index (χ0n) is 20.7. The van der Waals surface area contributed by atoms with Crippen molar-refractivity contribution < 1.29 is 19.4 Å². The van der Waals surface area contributed by atoms with Crippen LogP contribution in [0.4, 0.5) is 0 Å². The number of benzene rings is 1. The maximum atomic E-state index is 13.2. The number of aryl methyl sites for hydroxylation is 1. The van der Waals surface area contributed by atoms with Crippen molar-refractivity contribution in [1.29, 1.82) is 0 Å². The van der Waals surface area contributed by atoms with Crippen molar-refractivity contribution in [3.63, 3.8) is 0 Å². The van der Waals surface area contributed by atoms with Gasteiger partial charge in [-0.05, 0) is 61.3 Å². The first kappa shape index (κ1) is 25.4. The van der Waals surface area contributed by atoms with Crippen molar-refractivity contribution in [3.8, 4) is 5.75 Å². The Morgan fingerprint density at radius 2 is 1.94 bits per heavy atom. The summed E-state index contributed by atoms with van der Waals surface area (Å²) in [6.45, 7) is 13.5. The average Bonchev–Trinajstić information content (AvgIpc) is 3.08. The number of likely N-dealkylation sites (N-methyl/N-ethyl adjacent to an activating group) is 1. The lowest BCUT2D eigenvalue weighted by Gasteiger charge is -2.28. The number of aliphatic hydroxyl groups excluding tert-OH is 1. The van der Waals surface area contributed by atoms with E-state index in [-0.39, 0.29) is 11.3 Å². The van der Waals surface area contributed by atoms with Gasteiger partial charge in [0.25, 0.3) is 11.7 Å². The van der Waals surface area contributed by atoms with Crippen LogP contribution in [-0.2, 0) is 9.59 Å². The number of aromatic nitrogens is 1. The van der Waals surface area contributed by atoms with Gasteiger partial charge < -0.3 is 19.6 Å². The molecule has 1 atom stereocenters. The predicted octanol–water partition coefficient (Wildman–Crippen LogP) is 4.19. The van der Waals surface area contributed by atoms with Gasteiger partial charge in [0.05, 0.1) is 18.2 Å². The molecule has 7 heteroatoms. The Balaban J connectivity index is 2.02. The molecule has 1 amide bonds. The van der Waals surface area contributed by atoms with E-state index in [2.05, 4.69) is 37.6 Å². The molecular weight excluding hydrogens is 430 g/mol. The highest BCUT2D eigenvalue weighted by molar-refractivity contribution is 6.46. The van der Waals surface area contributed by atoms with Crippen LogP contribution in [0, 0.1) is 12.8 Å². The highest BCUT2D eigenvalue weighted by atomic mass is 16.5. The van der Waals surface area contributed by atoms with Crippen molar-refractivity contribution in [3.05, 3.63) is 65.0 Å². The molecule has 182 valence electrons. The summed E-state index contributed by atoms with van der Waals surface area (Å²) in [4.78, 5) is 34.2. The molecule has 0 aliphatic carbocycles. The molecule has 0 spiro atoms. The molecule has 0 bridgehead atoms. The molecule has 1 aliphatic rings. The van der Waals surface area contributed by atoms with E-state index in [1.807, 2.05) is 13.0 Å². The number of amides is 1. The Kier molecular flexibility index (Phi) is 8.45. The number of aliphatic hydroxyl groups is 1. The zero-order valence-corrected chi connectivity index (χ0v) is 20.7. The summed E-state index contributed by atoms with van der Waals surface area (Å²) in [5, 5.41) is 11.3. The summed E-state index contributed by atoms with van der Waals surface area (Å²) in [7, 11) is 0. The van der Waals surface area contributed by atoms with Crippen LogP contribution in [0.2, 0.25) is 0 Å². The first-order valence-electron chi connectivity index (χ1n) is 11.9. The van der Waals surface area contributed by atoms with Crippen molar-refractivity contribution in [2.24, 2.45) is 5.92 Å². The molecule has 34 heavy (non-hydrogen) atoms. The van der Waals surface area contributed by atoms with E-state index in [0.717, 1.165) is 24.4 Å². The molecule has 1 unspecified atom stereocenters. The third-order valence-electron chi connectivity index (χ3n) is 6.11. The molecule has 1 aromatic carbocycles. The van der Waals surface area contributed by atoms with Gasteiger partial charge in [0.15, 0.2) is 0 Å². The van der Waals surface area contributed by atoms with E-state index in [0.29, 0.717) is 36.7 Å². The molecule has 0 saturated carbocycles. The van der Waals surface area contributed by atoms with E-state index in [1.54, 1.807) is 41.6 Å². The summed E-state index contributed by atoms with van der Waals surface area (Å²) < 4.78 is 5.84. The number of nitrogens with zero attached hydrogens (tertiary/aromatic N) is 3. The molecule has 1 aliphatic heterocycles. The van der Waals surface area contributed by atoms with Crippen LogP contribution in [0.3, 0.4) is 0 Å². The Hall–Kier alpha value is -3.19. The SMILES string of the molecule is CCN(CC)CCN1C(=O)C(=O)/C(=C(\O)c2ccc(OCC(C)C)c(C)c2)C1c1cccnc1. The lowest BCUT2D eigenvalue weighted by Crippen LogP contribution is -2.38. The van der Waals surface area contributed by atoms with Crippen LogP contribution in [0.25, 0.3) is 5.76 Å². The van der Waals surface area contributed by atoms with E-state index >= 15 is 0 Å². The number of hydrogen-bond donors (Lipinski definition) is 1. The topological polar surface area (TPSA) is 83.0 Å². The number of carbonyl (C=O) groups excluding carboxylic acids is 2. The third kappa shape index (κ3) is 5.47. The Morgan fingerprint density at radius 1 is 1.21 bits per heavy atom. The second kappa shape index (κ2) is 11.3. The zero-order chi connectivity index (χ0) is 24.8. The summed E-state index contributed by atoms with van der Waals surface area (Å²) in [6, 6.07) is 8.21. The highest BCUT2D eigenvalue weighted by Crippen LogP contribution is 2.39. The van der Waals surface area contributed by atoms with Crippen LogP contribution in [-0.4, -0.2) is 64.4 Å². The number of ketones is 1. The fourth-order valence-corrected chi connectivity index (χ4v) is 4.15. The maximum absolute atomic E-state index is 13.2. The summed E-state index contributed by atoms with van der Waals surface area (Å²) in [5.41, 5.74) is 2.10. The lowest BCUT2D eigenvalue weighted by molar-refractivity contribution is -0.140. The van der Waals surface area contributed by atoms with Gasteiger partial charge in [-0.15, -0.1) is 0 Å². The molecule has 2 aromatic rings. The fourth-order valence-electron chi connectivity index (χ4n) is 4.15. The van der Waals surface area contributed by atoms with Crippen molar-refractivity contribution in [2.45, 2.75) is 40.7 Å². The molecule has 1 fully saturated rings. The minimum atomic E-state index is -0.693. The molecule has 2 heterocycles. The second-order valence-corrected chi connectivity index (χ2v) is 8.99. The number of pyridine rings is 1. The van der Waals surface area contributed by atoms with Gasteiger partial charge in [-0.2, -0.15) is 0 Å². The van der Waals surface area contributed by atoms with Gasteiger partial charge in [0.2, 0.25) is 0 Å². The normalized spacial score (nSPS) is 17.7. The molecule has 7 nitrogen and oxygen atoms in total. The van der Waals surface area contributed by atoms with E-state index in [4.69, 9.17) is 4.74 Å². The van der Waals surface area contributed by atoms with E-state index < -0.39 is 17.7 Å². The van der Waals surface area contributed by atoms with Crippen molar-refractivity contribution in [1.82, 2.24) is 14.8 Å². The number of rotatable bonds is 10. The van der Waals surface area contributed by atoms with Gasteiger partial charge in [-0.1, -0.05) is 33.8 Å². The number of hydrogen-bond acceptors (Lipinski definition) is 6. The van der Waals surface area contributed by atoms with Crippen molar-refractivity contribution >= 4 is 17.4 Å². The Morgan fingerprint density at radius 3 is 2.53 bits per heavy atom. The second-order valence-electron chi connectivity index (χ2n) is 8.99. The third-order valence-corrected chi connectivity index (χ3v) is 6.11. The maximum Gasteiger partial charge on any atom is 0.295 e. The van der Waals surface area contributed by atoms with Crippen molar-refractivity contribution in [2.75, 3.05) is 32.8 Å². The molecule has 1 N–H and O–H groups in total. The molecule has 3 rings (SSSR count). The number of ether oxygens (including phenoxy) is 1. The predicted molar refractivity (Wildman–Crippen MR) is 133 cm³/mol. The summed E-state index contributed by atoms with van der Waals surface area (Å²) in [5.74, 6) is -0.344.